The van der Waals surface area contributed by atoms with Crippen LogP contribution >= 0.6 is 11.6 Å². The smallest absolute Gasteiger partial charge is 0.0946 e. The van der Waals surface area contributed by atoms with Gasteiger partial charge in [0.05, 0.1) is 17.0 Å². The van der Waals surface area contributed by atoms with Gasteiger partial charge in [-0.1, -0.05) is 11.6 Å². The lowest BCUT2D eigenvalue weighted by Crippen LogP contribution is -2.28. The van der Waals surface area contributed by atoms with E-state index in [0.717, 1.165) is 30.9 Å². The molecule has 1 fully saturated rings. The summed E-state index contributed by atoms with van der Waals surface area (Å²) in [5.41, 5.74) is 8.43. The van der Waals surface area contributed by atoms with Crippen molar-refractivity contribution in [2.24, 2.45) is 12.8 Å². The summed E-state index contributed by atoms with van der Waals surface area (Å²) >= 11 is 6.16. The lowest BCUT2D eigenvalue weighted by atomic mass is 10.0. The topological polar surface area (TPSA) is 60.0 Å². The van der Waals surface area contributed by atoms with Crippen molar-refractivity contribution in [1.29, 1.82) is 0 Å². The van der Waals surface area contributed by atoms with Gasteiger partial charge in [-0.3, -0.25) is 9.88 Å². The minimum Gasteiger partial charge on any atom is -0.340 e. The SMILES string of the molecule is Cn1cnc([C@@H]2CN(Cc3ccncc3Cl)C[C@H]2N)c1. The average Bonchev–Trinajstić information content (AvgIpc) is 2.98. The van der Waals surface area contributed by atoms with Crippen molar-refractivity contribution in [2.45, 2.75) is 18.5 Å². The molecule has 5 nitrogen and oxygen atoms in total. The second-order valence-electron chi connectivity index (χ2n) is 5.40. The quantitative estimate of drug-likeness (QED) is 0.928. The third-order valence-electron chi connectivity index (χ3n) is 3.80. The Kier molecular flexibility index (Phi) is 3.74. The number of likely N-dealkylation sites (tertiary alicyclic amines) is 1. The summed E-state index contributed by atoms with van der Waals surface area (Å²) in [7, 11) is 1.98. The van der Waals surface area contributed by atoms with E-state index < -0.39 is 0 Å². The van der Waals surface area contributed by atoms with Gasteiger partial charge in [-0.05, 0) is 11.6 Å². The maximum Gasteiger partial charge on any atom is 0.0946 e. The number of aryl methyl sites for hydroxylation is 1. The molecule has 2 aromatic rings. The van der Waals surface area contributed by atoms with Gasteiger partial charge in [0.1, 0.15) is 0 Å². The maximum atomic E-state index is 6.27. The number of aromatic nitrogens is 3. The van der Waals surface area contributed by atoms with Crippen LogP contribution in [0.5, 0.6) is 0 Å². The minimum atomic E-state index is 0.116. The van der Waals surface area contributed by atoms with Crippen molar-refractivity contribution in [2.75, 3.05) is 13.1 Å². The Morgan fingerprint density at radius 3 is 3.00 bits per heavy atom. The first kappa shape index (κ1) is 13.5. The van der Waals surface area contributed by atoms with E-state index in [9.17, 15) is 0 Å². The molecular weight excluding hydrogens is 274 g/mol. The largest absolute Gasteiger partial charge is 0.340 e. The predicted molar refractivity (Wildman–Crippen MR) is 78.4 cm³/mol. The third kappa shape index (κ3) is 2.70. The molecule has 6 heteroatoms. The Morgan fingerprint density at radius 2 is 2.30 bits per heavy atom. The predicted octanol–water partition coefficient (Wildman–Crippen LogP) is 1.40. The highest BCUT2D eigenvalue weighted by molar-refractivity contribution is 6.31. The fourth-order valence-corrected chi connectivity index (χ4v) is 2.93. The Labute approximate surface area is 123 Å². The van der Waals surface area contributed by atoms with E-state index >= 15 is 0 Å². The number of halogens is 1. The van der Waals surface area contributed by atoms with Gasteiger partial charge < -0.3 is 10.3 Å². The molecule has 2 aromatic heterocycles. The summed E-state index contributed by atoms with van der Waals surface area (Å²) in [5, 5.41) is 0.711. The summed E-state index contributed by atoms with van der Waals surface area (Å²) in [6.07, 6.45) is 7.33. The molecule has 0 saturated carbocycles. The maximum absolute atomic E-state index is 6.27. The number of nitrogens with two attached hydrogens (primary N) is 1. The van der Waals surface area contributed by atoms with Crippen molar-refractivity contribution in [1.82, 2.24) is 19.4 Å². The van der Waals surface area contributed by atoms with Gasteiger partial charge in [0.25, 0.3) is 0 Å². The zero-order chi connectivity index (χ0) is 14.1. The van der Waals surface area contributed by atoms with Gasteiger partial charge in [0.15, 0.2) is 0 Å². The molecule has 0 amide bonds. The Hall–Kier alpha value is -1.43. The summed E-state index contributed by atoms with van der Waals surface area (Å²) in [5.74, 6) is 0.289. The van der Waals surface area contributed by atoms with Crippen LogP contribution in [-0.2, 0) is 13.6 Å². The van der Waals surface area contributed by atoms with Gasteiger partial charge in [-0.15, -0.1) is 0 Å². The van der Waals surface area contributed by atoms with Crippen LogP contribution in [0, 0.1) is 0 Å². The molecule has 0 bridgehead atoms. The molecule has 1 aliphatic rings. The first-order valence-corrected chi connectivity index (χ1v) is 7.05. The second kappa shape index (κ2) is 5.52. The number of hydrogen-bond donors (Lipinski definition) is 1. The molecule has 0 spiro atoms. The normalized spacial score (nSPS) is 23.4. The highest BCUT2D eigenvalue weighted by Crippen LogP contribution is 2.27. The standard InChI is InChI=1S/C14H18ClN5/c1-19-8-14(18-9-19)11-6-20(7-13(11)16)5-10-2-3-17-4-12(10)15/h2-4,8-9,11,13H,5-7,16H2,1H3/t11-,13-/m1/s1. The van der Waals surface area contributed by atoms with Gasteiger partial charge in [0.2, 0.25) is 0 Å². The van der Waals surface area contributed by atoms with E-state index in [1.54, 1.807) is 12.4 Å². The minimum absolute atomic E-state index is 0.116. The molecule has 1 saturated heterocycles. The summed E-state index contributed by atoms with van der Waals surface area (Å²) in [6, 6.07) is 2.08. The summed E-state index contributed by atoms with van der Waals surface area (Å²) < 4.78 is 1.96. The second-order valence-corrected chi connectivity index (χ2v) is 5.80. The Morgan fingerprint density at radius 1 is 1.45 bits per heavy atom. The highest BCUT2D eigenvalue weighted by Gasteiger charge is 2.32. The average molecular weight is 292 g/mol. The van der Waals surface area contributed by atoms with Crippen LogP contribution in [0.4, 0.5) is 0 Å². The van der Waals surface area contributed by atoms with E-state index in [0.29, 0.717) is 5.02 Å². The number of rotatable bonds is 3. The lowest BCUT2D eigenvalue weighted by molar-refractivity contribution is 0.323. The molecule has 2 N–H and O–H groups in total. The van der Waals surface area contributed by atoms with Gasteiger partial charge in [-0.25, -0.2) is 4.98 Å². The molecule has 20 heavy (non-hydrogen) atoms. The van der Waals surface area contributed by atoms with Gasteiger partial charge in [0, 0.05) is 57.2 Å². The number of pyridine rings is 1. The fraction of sp³-hybridized carbons (Fsp3) is 0.429. The van der Waals surface area contributed by atoms with Crippen LogP contribution in [0.2, 0.25) is 5.02 Å². The van der Waals surface area contributed by atoms with Crippen molar-refractivity contribution in [3.8, 4) is 0 Å². The van der Waals surface area contributed by atoms with E-state index in [4.69, 9.17) is 17.3 Å². The van der Waals surface area contributed by atoms with Crippen molar-refractivity contribution in [3.05, 3.63) is 47.3 Å². The molecule has 0 unspecified atom stereocenters. The van der Waals surface area contributed by atoms with Crippen molar-refractivity contribution in [3.63, 3.8) is 0 Å². The van der Waals surface area contributed by atoms with Crippen LogP contribution in [0.3, 0.4) is 0 Å². The molecule has 0 aromatic carbocycles. The molecule has 3 heterocycles. The Bertz CT molecular complexity index is 597. The molecular formula is C14H18ClN5. The zero-order valence-electron chi connectivity index (χ0n) is 11.4. The molecule has 2 atom stereocenters. The van der Waals surface area contributed by atoms with Crippen LogP contribution < -0.4 is 5.73 Å². The number of nitrogens with zero attached hydrogens (tertiary/aromatic N) is 4. The van der Waals surface area contributed by atoms with Crippen LogP contribution in [0.1, 0.15) is 17.2 Å². The highest BCUT2D eigenvalue weighted by atomic mass is 35.5. The van der Waals surface area contributed by atoms with Crippen LogP contribution in [-0.4, -0.2) is 38.6 Å². The van der Waals surface area contributed by atoms with Crippen LogP contribution in [0.15, 0.2) is 31.0 Å². The first-order valence-electron chi connectivity index (χ1n) is 6.67. The fourth-order valence-electron chi connectivity index (χ4n) is 2.75. The van der Waals surface area contributed by atoms with Crippen molar-refractivity contribution < 1.29 is 0 Å². The molecule has 0 radical (unpaired) electrons. The van der Waals surface area contributed by atoms with Gasteiger partial charge in [-0.2, -0.15) is 0 Å². The lowest BCUT2D eigenvalue weighted by Gasteiger charge is -2.16. The zero-order valence-corrected chi connectivity index (χ0v) is 12.2. The van der Waals surface area contributed by atoms with Gasteiger partial charge >= 0.3 is 0 Å². The van der Waals surface area contributed by atoms with E-state index in [1.165, 1.54) is 0 Å². The molecule has 1 aliphatic heterocycles. The summed E-state index contributed by atoms with van der Waals surface area (Å²) in [6.45, 7) is 2.58. The van der Waals surface area contributed by atoms with E-state index in [-0.39, 0.29) is 12.0 Å². The molecule has 3 rings (SSSR count). The number of hydrogen-bond acceptors (Lipinski definition) is 4. The number of imidazole rings is 1. The van der Waals surface area contributed by atoms with E-state index in [1.807, 2.05) is 30.2 Å². The molecule has 106 valence electrons. The Balaban J connectivity index is 1.71. The van der Waals surface area contributed by atoms with Crippen LogP contribution in [0.25, 0.3) is 0 Å². The van der Waals surface area contributed by atoms with Crippen molar-refractivity contribution >= 4 is 11.6 Å². The first-order chi connectivity index (χ1) is 9.63. The third-order valence-corrected chi connectivity index (χ3v) is 4.14. The monoisotopic (exact) mass is 291 g/mol. The van der Waals surface area contributed by atoms with E-state index in [2.05, 4.69) is 14.9 Å². The molecule has 0 aliphatic carbocycles. The summed E-state index contributed by atoms with van der Waals surface area (Å²) in [4.78, 5) is 10.8.